The number of ether oxygens (including phenoxy) is 1. The van der Waals surface area contributed by atoms with Crippen LogP contribution in [-0.4, -0.2) is 37.7 Å². The number of benzene rings is 2. The average Bonchev–Trinajstić information content (AvgIpc) is 2.59. The van der Waals surface area contributed by atoms with Gasteiger partial charge in [-0.25, -0.2) is 4.99 Å². The van der Waals surface area contributed by atoms with E-state index >= 15 is 0 Å². The molecule has 0 aromatic heterocycles. The van der Waals surface area contributed by atoms with E-state index in [0.29, 0.717) is 5.56 Å². The van der Waals surface area contributed by atoms with Crippen LogP contribution in [0.2, 0.25) is 0 Å². The lowest BCUT2D eigenvalue weighted by molar-refractivity contribution is -0.137. The summed E-state index contributed by atoms with van der Waals surface area (Å²) in [7, 11) is 3.73. The van der Waals surface area contributed by atoms with Gasteiger partial charge in [-0.05, 0) is 61.4 Å². The third kappa shape index (κ3) is 5.57. The maximum absolute atomic E-state index is 12.6. The van der Waals surface area contributed by atoms with Crippen molar-refractivity contribution >= 4 is 17.8 Å². The first kappa shape index (κ1) is 20.5. The Bertz CT molecular complexity index is 842. The molecule has 0 heterocycles. The highest BCUT2D eigenvalue weighted by atomic mass is 19.4. The summed E-state index contributed by atoms with van der Waals surface area (Å²) >= 11 is 0. The molecule has 2 aromatic rings. The summed E-state index contributed by atoms with van der Waals surface area (Å²) < 4.78 is 43.0. The van der Waals surface area contributed by atoms with Gasteiger partial charge < -0.3 is 9.64 Å². The van der Waals surface area contributed by atoms with E-state index in [9.17, 15) is 18.0 Å². The van der Waals surface area contributed by atoms with Crippen molar-refractivity contribution in [3.63, 3.8) is 0 Å². The van der Waals surface area contributed by atoms with Gasteiger partial charge in [0.1, 0.15) is 5.75 Å². The van der Waals surface area contributed by atoms with Crippen molar-refractivity contribution in [2.45, 2.75) is 20.0 Å². The van der Waals surface area contributed by atoms with E-state index in [0.717, 1.165) is 28.9 Å². The minimum atomic E-state index is -4.40. The van der Waals surface area contributed by atoms with Crippen LogP contribution < -0.4 is 4.74 Å². The molecule has 7 heteroatoms. The van der Waals surface area contributed by atoms with Crippen molar-refractivity contribution < 1.29 is 22.7 Å². The number of ketones is 1. The van der Waals surface area contributed by atoms with Gasteiger partial charge in [0, 0.05) is 19.7 Å². The summed E-state index contributed by atoms with van der Waals surface area (Å²) in [6.45, 7) is 3.40. The fourth-order valence-corrected chi connectivity index (χ4v) is 2.38. The molecule has 0 fully saturated rings. The van der Waals surface area contributed by atoms with E-state index in [4.69, 9.17) is 4.74 Å². The molecule has 144 valence electrons. The van der Waals surface area contributed by atoms with Crippen molar-refractivity contribution in [1.29, 1.82) is 0 Å². The third-order valence-electron chi connectivity index (χ3n) is 3.82. The molecule has 0 aliphatic carbocycles. The van der Waals surface area contributed by atoms with Crippen LogP contribution in [0.1, 0.15) is 27.0 Å². The fraction of sp³-hybridized carbons (Fsp3) is 0.300. The molecule has 2 rings (SSSR count). The van der Waals surface area contributed by atoms with Crippen molar-refractivity contribution in [3.8, 4) is 5.75 Å². The molecule has 0 unspecified atom stereocenters. The number of halogens is 3. The lowest BCUT2D eigenvalue weighted by Gasteiger charge is -2.11. The Morgan fingerprint density at radius 2 is 1.74 bits per heavy atom. The molecular weight excluding hydrogens is 357 g/mol. The second kappa shape index (κ2) is 8.24. The number of hydrogen-bond acceptors (Lipinski definition) is 3. The summed E-state index contributed by atoms with van der Waals surface area (Å²) in [5.41, 5.74) is 2.11. The highest BCUT2D eigenvalue weighted by Gasteiger charge is 2.30. The predicted molar refractivity (Wildman–Crippen MR) is 99.0 cm³/mol. The van der Waals surface area contributed by atoms with Gasteiger partial charge >= 0.3 is 6.18 Å². The van der Waals surface area contributed by atoms with E-state index in [1.165, 1.54) is 12.1 Å². The molecule has 0 bridgehead atoms. The van der Waals surface area contributed by atoms with Crippen LogP contribution in [0.15, 0.2) is 41.4 Å². The van der Waals surface area contributed by atoms with Crippen LogP contribution in [0.25, 0.3) is 0 Å². The minimum absolute atomic E-state index is 0.206. The molecule has 0 saturated carbocycles. The van der Waals surface area contributed by atoms with Crippen LogP contribution in [0.5, 0.6) is 5.75 Å². The SMILES string of the molecule is Cc1cc(C(=O)COc2ccc(C(F)(F)F)cc2)c(C)cc1N=CN(C)C. The van der Waals surface area contributed by atoms with E-state index in [-0.39, 0.29) is 18.1 Å². The molecule has 0 radical (unpaired) electrons. The number of carbonyl (C=O) groups excluding carboxylic acids is 1. The number of nitrogens with zero attached hydrogens (tertiary/aromatic N) is 2. The Balaban J connectivity index is 2.09. The zero-order chi connectivity index (χ0) is 20.2. The maximum atomic E-state index is 12.6. The molecule has 27 heavy (non-hydrogen) atoms. The highest BCUT2D eigenvalue weighted by Crippen LogP contribution is 2.30. The zero-order valence-corrected chi connectivity index (χ0v) is 15.6. The minimum Gasteiger partial charge on any atom is -0.485 e. The van der Waals surface area contributed by atoms with Crippen molar-refractivity contribution in [3.05, 3.63) is 58.7 Å². The van der Waals surface area contributed by atoms with Gasteiger partial charge in [-0.3, -0.25) is 4.79 Å². The van der Waals surface area contributed by atoms with Crippen molar-refractivity contribution in [1.82, 2.24) is 4.90 Å². The summed E-state index contributed by atoms with van der Waals surface area (Å²) in [5, 5.41) is 0. The summed E-state index contributed by atoms with van der Waals surface area (Å²) in [4.78, 5) is 18.6. The van der Waals surface area contributed by atoms with Crippen LogP contribution in [-0.2, 0) is 6.18 Å². The molecule has 0 spiro atoms. The number of aliphatic imine (C=N–C) groups is 1. The molecule has 0 amide bonds. The molecule has 2 aromatic carbocycles. The standard InChI is InChI=1S/C20H21F3N2O2/c1-13-10-18(24-12-25(3)4)14(2)9-17(13)19(26)11-27-16-7-5-15(6-8-16)20(21,22)23/h5-10,12H,11H2,1-4H3. The van der Waals surface area contributed by atoms with E-state index in [2.05, 4.69) is 4.99 Å². The smallest absolute Gasteiger partial charge is 0.416 e. The summed E-state index contributed by atoms with van der Waals surface area (Å²) in [6, 6.07) is 7.82. The molecule has 0 aliphatic heterocycles. The fourth-order valence-electron chi connectivity index (χ4n) is 2.38. The number of Topliss-reactive ketones (excluding diaryl/α,β-unsaturated/α-hetero) is 1. The van der Waals surface area contributed by atoms with Crippen molar-refractivity contribution in [2.24, 2.45) is 4.99 Å². The van der Waals surface area contributed by atoms with Crippen LogP contribution in [0.4, 0.5) is 18.9 Å². The molecule has 4 nitrogen and oxygen atoms in total. The first-order chi connectivity index (χ1) is 12.6. The van der Waals surface area contributed by atoms with Gasteiger partial charge in [-0.1, -0.05) is 0 Å². The predicted octanol–water partition coefficient (Wildman–Crippen LogP) is 4.81. The number of carbonyl (C=O) groups is 1. The molecule has 0 atom stereocenters. The van der Waals surface area contributed by atoms with Gasteiger partial charge in [0.2, 0.25) is 0 Å². The number of hydrogen-bond donors (Lipinski definition) is 0. The van der Waals surface area contributed by atoms with Gasteiger partial charge in [-0.15, -0.1) is 0 Å². The van der Waals surface area contributed by atoms with Crippen molar-refractivity contribution in [2.75, 3.05) is 20.7 Å². The molecule has 0 aliphatic rings. The van der Waals surface area contributed by atoms with Gasteiger partial charge in [-0.2, -0.15) is 13.2 Å². The third-order valence-corrected chi connectivity index (χ3v) is 3.82. The van der Waals surface area contributed by atoms with Crippen LogP contribution in [0, 0.1) is 13.8 Å². The first-order valence-electron chi connectivity index (χ1n) is 8.23. The topological polar surface area (TPSA) is 41.9 Å². The second-order valence-electron chi connectivity index (χ2n) is 6.40. The Morgan fingerprint density at radius 3 is 2.30 bits per heavy atom. The Kier molecular flexibility index (Phi) is 6.25. The molecule has 0 N–H and O–H groups in total. The Hall–Kier alpha value is -2.83. The lowest BCUT2D eigenvalue weighted by atomic mass is 10.0. The normalized spacial score (nSPS) is 11.7. The lowest BCUT2D eigenvalue weighted by Crippen LogP contribution is -2.13. The average molecular weight is 378 g/mol. The Labute approximate surface area is 156 Å². The first-order valence-corrected chi connectivity index (χ1v) is 8.23. The van der Waals surface area contributed by atoms with Gasteiger partial charge in [0.25, 0.3) is 0 Å². The summed E-state index contributed by atoms with van der Waals surface area (Å²) in [6.07, 6.45) is -2.73. The van der Waals surface area contributed by atoms with E-state index in [1.807, 2.05) is 32.0 Å². The van der Waals surface area contributed by atoms with Gasteiger partial charge in [0.05, 0.1) is 17.6 Å². The number of rotatable bonds is 6. The second-order valence-corrected chi connectivity index (χ2v) is 6.40. The summed E-state index contributed by atoms with van der Waals surface area (Å²) in [5.74, 6) is -0.0448. The van der Waals surface area contributed by atoms with Gasteiger partial charge in [0.15, 0.2) is 12.4 Å². The molecular formula is C20H21F3N2O2. The largest absolute Gasteiger partial charge is 0.485 e. The van der Waals surface area contributed by atoms with Crippen LogP contribution >= 0.6 is 0 Å². The maximum Gasteiger partial charge on any atom is 0.416 e. The van der Waals surface area contributed by atoms with Crippen LogP contribution in [0.3, 0.4) is 0 Å². The number of aryl methyl sites for hydroxylation is 2. The Morgan fingerprint density at radius 1 is 1.11 bits per heavy atom. The van der Waals surface area contributed by atoms with E-state index in [1.54, 1.807) is 19.3 Å². The molecule has 0 saturated heterocycles. The number of alkyl halides is 3. The monoisotopic (exact) mass is 378 g/mol. The highest BCUT2D eigenvalue weighted by molar-refractivity contribution is 5.99. The van der Waals surface area contributed by atoms with E-state index < -0.39 is 11.7 Å². The zero-order valence-electron chi connectivity index (χ0n) is 15.6. The quantitative estimate of drug-likeness (QED) is 0.412.